The van der Waals surface area contributed by atoms with Crippen LogP contribution in [0.15, 0.2) is 72.8 Å². The maximum absolute atomic E-state index is 15.2. The van der Waals surface area contributed by atoms with E-state index in [2.05, 4.69) is 11.7 Å². The van der Waals surface area contributed by atoms with E-state index in [0.717, 1.165) is 37.0 Å². The first kappa shape index (κ1) is 32.1. The van der Waals surface area contributed by atoms with Gasteiger partial charge in [-0.25, -0.2) is 17.6 Å². The number of rotatable bonds is 10. The van der Waals surface area contributed by atoms with Crippen LogP contribution in [0.4, 0.5) is 26.3 Å². The van der Waals surface area contributed by atoms with Gasteiger partial charge in [0.25, 0.3) is 0 Å². The van der Waals surface area contributed by atoms with Crippen LogP contribution in [0.25, 0.3) is 22.3 Å². The van der Waals surface area contributed by atoms with Crippen molar-refractivity contribution < 1.29 is 40.6 Å². The van der Waals surface area contributed by atoms with Crippen molar-refractivity contribution in [2.75, 3.05) is 13.2 Å². The topological polar surface area (TPSA) is 51.5 Å². The Kier molecular flexibility index (Phi) is 9.80. The van der Waals surface area contributed by atoms with Crippen LogP contribution >= 0.6 is 0 Å². The summed E-state index contributed by atoms with van der Waals surface area (Å²) in [6.07, 6.45) is -0.488. The molecular formula is C35H29F6NO3. The number of unbranched alkanes of at least 4 members (excludes halogenated alkanes) is 2. The highest BCUT2D eigenvalue weighted by atomic mass is 19.3. The molecule has 1 fully saturated rings. The van der Waals surface area contributed by atoms with Gasteiger partial charge in [-0.05, 0) is 53.4 Å². The van der Waals surface area contributed by atoms with Crippen LogP contribution in [-0.2, 0) is 15.6 Å². The van der Waals surface area contributed by atoms with Crippen LogP contribution in [-0.4, -0.2) is 13.2 Å². The number of benzene rings is 4. The summed E-state index contributed by atoms with van der Waals surface area (Å²) in [6.45, 7) is 3.40. The quantitative estimate of drug-likeness (QED) is 0.130. The zero-order valence-corrected chi connectivity index (χ0v) is 24.3. The van der Waals surface area contributed by atoms with Crippen LogP contribution < -0.4 is 4.74 Å². The monoisotopic (exact) mass is 625 g/mol. The molecule has 0 spiro atoms. The van der Waals surface area contributed by atoms with E-state index in [9.17, 15) is 22.0 Å². The van der Waals surface area contributed by atoms with Crippen molar-refractivity contribution in [2.24, 2.45) is 5.92 Å². The number of hydrogen-bond donors (Lipinski definition) is 0. The van der Waals surface area contributed by atoms with E-state index in [4.69, 9.17) is 14.7 Å². The van der Waals surface area contributed by atoms with Crippen molar-refractivity contribution in [2.45, 2.75) is 45.0 Å². The molecule has 234 valence electrons. The van der Waals surface area contributed by atoms with Crippen LogP contribution in [0, 0.1) is 40.5 Å². The molecule has 0 radical (unpaired) electrons. The molecule has 4 aromatic rings. The Labute approximate surface area is 256 Å². The maximum Gasteiger partial charge on any atom is 0.432 e. The van der Waals surface area contributed by atoms with Gasteiger partial charge in [-0.3, -0.25) is 0 Å². The average Bonchev–Trinajstić information content (AvgIpc) is 3.01. The first-order valence-corrected chi connectivity index (χ1v) is 14.5. The van der Waals surface area contributed by atoms with Crippen LogP contribution in [0.1, 0.15) is 55.6 Å². The highest BCUT2D eigenvalue weighted by Gasteiger charge is 2.41. The van der Waals surface area contributed by atoms with E-state index in [0.29, 0.717) is 48.5 Å². The molecule has 1 aliphatic heterocycles. The molecule has 0 atom stereocenters. The summed E-state index contributed by atoms with van der Waals surface area (Å²) in [5, 5.41) is 8.78. The molecular weight excluding hydrogens is 596 g/mol. The summed E-state index contributed by atoms with van der Waals surface area (Å²) in [7, 11) is 0. The van der Waals surface area contributed by atoms with Gasteiger partial charge in [0.15, 0.2) is 6.29 Å². The Hall–Kier alpha value is -4.33. The Balaban J connectivity index is 1.29. The molecule has 4 aromatic carbocycles. The fourth-order valence-corrected chi connectivity index (χ4v) is 5.20. The molecule has 0 aromatic heterocycles. The van der Waals surface area contributed by atoms with Crippen molar-refractivity contribution in [1.82, 2.24) is 0 Å². The maximum atomic E-state index is 15.2. The number of alkyl halides is 2. The number of nitrogens with zero attached hydrogens (tertiary/aromatic N) is 1. The minimum atomic E-state index is -4.55. The average molecular weight is 626 g/mol. The summed E-state index contributed by atoms with van der Waals surface area (Å²) >= 11 is 0. The Morgan fingerprint density at radius 1 is 0.778 bits per heavy atom. The zero-order valence-electron chi connectivity index (χ0n) is 24.3. The lowest BCUT2D eigenvalue weighted by Crippen LogP contribution is -2.27. The smallest absolute Gasteiger partial charge is 0.429 e. The minimum absolute atomic E-state index is 0.212. The molecule has 10 heteroatoms. The number of ether oxygens (including phenoxy) is 3. The minimum Gasteiger partial charge on any atom is -0.429 e. The third-order valence-corrected chi connectivity index (χ3v) is 7.62. The SMILES string of the molecule is CCCCCC1COC(c2ccc(-c3ccc(-c4cc(F)c(C(F)(F)Oc5ccc(C#N)c(F)c5)c(F)c4)c(F)c3)cc2)OC1. The van der Waals surface area contributed by atoms with Crippen molar-refractivity contribution in [3.63, 3.8) is 0 Å². The second-order valence-corrected chi connectivity index (χ2v) is 10.9. The Bertz CT molecular complexity index is 1670. The lowest BCUT2D eigenvalue weighted by atomic mass is 9.97. The van der Waals surface area contributed by atoms with E-state index < -0.39 is 52.5 Å². The van der Waals surface area contributed by atoms with Crippen LogP contribution in [0.3, 0.4) is 0 Å². The van der Waals surface area contributed by atoms with Crippen LogP contribution in [0.5, 0.6) is 5.75 Å². The highest BCUT2D eigenvalue weighted by molar-refractivity contribution is 5.71. The summed E-state index contributed by atoms with van der Waals surface area (Å²) in [5.74, 6) is -5.73. The number of hydrogen-bond acceptors (Lipinski definition) is 4. The van der Waals surface area contributed by atoms with Gasteiger partial charge in [0.2, 0.25) is 0 Å². The fourth-order valence-electron chi connectivity index (χ4n) is 5.20. The van der Waals surface area contributed by atoms with E-state index in [1.54, 1.807) is 18.2 Å². The first-order chi connectivity index (χ1) is 21.6. The van der Waals surface area contributed by atoms with Gasteiger partial charge in [0.05, 0.1) is 18.8 Å². The Morgan fingerprint density at radius 2 is 1.42 bits per heavy atom. The molecule has 0 saturated carbocycles. The normalized spacial score (nSPS) is 16.8. The number of nitriles is 1. The summed E-state index contributed by atoms with van der Waals surface area (Å²) in [4.78, 5) is 0. The standard InChI is InChI=1S/C35H29F6NO3/c1-2-3-4-5-21-19-43-34(44-20-21)23-8-6-22(7-9-23)24-11-13-28(30(37)14-24)26-15-31(38)33(32(39)16-26)35(40,41)45-27-12-10-25(18-42)29(36)17-27/h6-17,21,34H,2-5,19-20H2,1H3. The first-order valence-electron chi connectivity index (χ1n) is 14.5. The van der Waals surface area contributed by atoms with E-state index in [1.165, 1.54) is 24.6 Å². The molecule has 0 bridgehead atoms. The van der Waals surface area contributed by atoms with Crippen molar-refractivity contribution in [3.8, 4) is 34.1 Å². The molecule has 45 heavy (non-hydrogen) atoms. The van der Waals surface area contributed by atoms with Crippen molar-refractivity contribution in [3.05, 3.63) is 113 Å². The summed E-state index contributed by atoms with van der Waals surface area (Å²) < 4.78 is 105. The largest absolute Gasteiger partial charge is 0.432 e. The van der Waals surface area contributed by atoms with E-state index >= 15 is 4.39 Å². The molecule has 4 nitrogen and oxygen atoms in total. The van der Waals surface area contributed by atoms with E-state index in [1.807, 2.05) is 12.1 Å². The van der Waals surface area contributed by atoms with Crippen LogP contribution in [0.2, 0.25) is 0 Å². The van der Waals surface area contributed by atoms with E-state index in [-0.39, 0.29) is 11.1 Å². The van der Waals surface area contributed by atoms with Gasteiger partial charge in [0.1, 0.15) is 40.7 Å². The molecule has 0 aliphatic carbocycles. The predicted octanol–water partition coefficient (Wildman–Crippen LogP) is 9.82. The third-order valence-electron chi connectivity index (χ3n) is 7.62. The Morgan fingerprint density at radius 3 is 2.02 bits per heavy atom. The molecule has 5 rings (SSSR count). The van der Waals surface area contributed by atoms with Gasteiger partial charge in [-0.1, -0.05) is 62.6 Å². The molecule has 1 saturated heterocycles. The van der Waals surface area contributed by atoms with Gasteiger partial charge >= 0.3 is 6.11 Å². The number of halogens is 6. The van der Waals surface area contributed by atoms with Crippen molar-refractivity contribution in [1.29, 1.82) is 5.26 Å². The zero-order chi connectivity index (χ0) is 32.1. The molecule has 0 N–H and O–H groups in total. The third kappa shape index (κ3) is 7.32. The van der Waals surface area contributed by atoms with Gasteiger partial charge in [-0.15, -0.1) is 0 Å². The lowest BCUT2D eigenvalue weighted by Gasteiger charge is -2.29. The second kappa shape index (κ2) is 13.8. The predicted molar refractivity (Wildman–Crippen MR) is 155 cm³/mol. The lowest BCUT2D eigenvalue weighted by molar-refractivity contribution is -0.206. The molecule has 0 unspecified atom stereocenters. The fraction of sp³-hybridized carbons (Fsp3) is 0.286. The summed E-state index contributed by atoms with van der Waals surface area (Å²) in [6, 6.07) is 16.1. The molecule has 1 heterocycles. The summed E-state index contributed by atoms with van der Waals surface area (Å²) in [5.41, 5.74) is -0.710. The second-order valence-electron chi connectivity index (χ2n) is 10.9. The van der Waals surface area contributed by atoms with Gasteiger partial charge in [-0.2, -0.15) is 14.0 Å². The van der Waals surface area contributed by atoms with Gasteiger partial charge in [0, 0.05) is 23.1 Å². The van der Waals surface area contributed by atoms with Crippen molar-refractivity contribution >= 4 is 0 Å². The van der Waals surface area contributed by atoms with Gasteiger partial charge < -0.3 is 14.2 Å². The highest BCUT2D eigenvalue weighted by Crippen LogP contribution is 2.38. The molecule has 0 amide bonds. The molecule has 1 aliphatic rings.